The lowest BCUT2D eigenvalue weighted by atomic mass is 10.1. The van der Waals surface area contributed by atoms with Crippen molar-refractivity contribution in [2.75, 3.05) is 0 Å². The Morgan fingerprint density at radius 3 is 2.47 bits per heavy atom. The quantitative estimate of drug-likeness (QED) is 0.395. The summed E-state index contributed by atoms with van der Waals surface area (Å²) in [4.78, 5) is 17.3. The highest BCUT2D eigenvalue weighted by Crippen LogP contribution is 2.25. The topological polar surface area (TPSA) is 64.7 Å². The zero-order chi connectivity index (χ0) is 23.7. The number of hydrogen-bond acceptors (Lipinski definition) is 3. The number of carbonyl (C=O) groups excluding carboxylic acids is 1. The summed E-state index contributed by atoms with van der Waals surface area (Å²) in [5.74, 6) is 0.323. The number of fused-ring (bicyclic) bond motifs is 1. The molecule has 0 radical (unpaired) electrons. The Labute approximate surface area is 196 Å². The molecule has 0 bridgehead atoms. The number of hydrogen-bond donors (Lipinski definition) is 1. The number of carbonyl (C=O) groups is 1. The molecule has 0 atom stereocenters. The SMILES string of the molecule is Cc1cc(C)c2c(-n3cccc3)nn(Cc3ccc(C(=O)NCc4cccc(F)c4)cc3)c2n1. The van der Waals surface area contributed by atoms with E-state index in [9.17, 15) is 9.18 Å². The largest absolute Gasteiger partial charge is 0.348 e. The van der Waals surface area contributed by atoms with E-state index in [1.807, 2.05) is 52.8 Å². The number of benzene rings is 2. The third-order valence-corrected chi connectivity index (χ3v) is 5.75. The number of amides is 1. The number of pyridine rings is 1. The maximum absolute atomic E-state index is 13.3. The van der Waals surface area contributed by atoms with Crippen molar-refractivity contribution in [3.8, 4) is 5.82 Å². The van der Waals surface area contributed by atoms with E-state index >= 15 is 0 Å². The molecule has 1 N–H and O–H groups in total. The molecule has 5 rings (SSSR count). The van der Waals surface area contributed by atoms with Crippen LogP contribution < -0.4 is 5.32 Å². The van der Waals surface area contributed by atoms with E-state index in [4.69, 9.17) is 10.1 Å². The van der Waals surface area contributed by atoms with Crippen molar-refractivity contribution >= 4 is 16.9 Å². The van der Waals surface area contributed by atoms with Gasteiger partial charge in [0.15, 0.2) is 11.5 Å². The summed E-state index contributed by atoms with van der Waals surface area (Å²) in [6, 6.07) is 19.6. The minimum atomic E-state index is -0.318. The van der Waals surface area contributed by atoms with Crippen LogP contribution in [0.4, 0.5) is 4.39 Å². The number of nitrogens with one attached hydrogen (secondary N) is 1. The highest BCUT2D eigenvalue weighted by Gasteiger charge is 2.16. The van der Waals surface area contributed by atoms with E-state index in [1.165, 1.54) is 12.1 Å². The molecule has 0 spiro atoms. The van der Waals surface area contributed by atoms with Crippen LogP contribution in [0.25, 0.3) is 16.9 Å². The number of rotatable bonds is 6. The molecule has 0 aliphatic heterocycles. The third-order valence-electron chi connectivity index (χ3n) is 5.75. The van der Waals surface area contributed by atoms with Gasteiger partial charge in [-0.05, 0) is 73.0 Å². The van der Waals surface area contributed by atoms with Crippen LogP contribution in [0.3, 0.4) is 0 Å². The minimum absolute atomic E-state index is 0.205. The van der Waals surface area contributed by atoms with Crippen molar-refractivity contribution in [2.24, 2.45) is 0 Å². The Hall–Kier alpha value is -4.26. The van der Waals surface area contributed by atoms with Gasteiger partial charge in [-0.2, -0.15) is 5.10 Å². The van der Waals surface area contributed by atoms with E-state index in [2.05, 4.69) is 18.3 Å². The fourth-order valence-corrected chi connectivity index (χ4v) is 4.12. The van der Waals surface area contributed by atoms with Crippen LogP contribution in [-0.4, -0.2) is 25.2 Å². The molecule has 5 aromatic rings. The van der Waals surface area contributed by atoms with Crippen LogP contribution in [0.5, 0.6) is 0 Å². The second-order valence-corrected chi connectivity index (χ2v) is 8.36. The Morgan fingerprint density at radius 1 is 0.971 bits per heavy atom. The van der Waals surface area contributed by atoms with Crippen LogP contribution in [0.2, 0.25) is 0 Å². The summed E-state index contributed by atoms with van der Waals surface area (Å²) in [5, 5.41) is 8.72. The van der Waals surface area contributed by atoms with Crippen molar-refractivity contribution in [2.45, 2.75) is 26.9 Å². The predicted octanol–water partition coefficient (Wildman–Crippen LogP) is 4.96. The van der Waals surface area contributed by atoms with Gasteiger partial charge in [0.1, 0.15) is 5.82 Å². The van der Waals surface area contributed by atoms with Gasteiger partial charge < -0.3 is 9.88 Å². The molecule has 7 heteroatoms. The van der Waals surface area contributed by atoms with Crippen LogP contribution >= 0.6 is 0 Å². The van der Waals surface area contributed by atoms with Crippen LogP contribution in [-0.2, 0) is 13.1 Å². The maximum atomic E-state index is 13.3. The van der Waals surface area contributed by atoms with Crippen molar-refractivity contribution < 1.29 is 9.18 Å². The van der Waals surface area contributed by atoms with Gasteiger partial charge in [-0.15, -0.1) is 0 Å². The molecule has 3 aromatic heterocycles. The van der Waals surface area contributed by atoms with Crippen molar-refractivity contribution in [3.63, 3.8) is 0 Å². The lowest BCUT2D eigenvalue weighted by Gasteiger charge is -2.08. The van der Waals surface area contributed by atoms with Crippen LogP contribution in [0.1, 0.15) is 32.7 Å². The van der Waals surface area contributed by atoms with Gasteiger partial charge in [0.05, 0.1) is 11.9 Å². The molecule has 170 valence electrons. The van der Waals surface area contributed by atoms with Gasteiger partial charge in [0.25, 0.3) is 5.91 Å². The fraction of sp³-hybridized carbons (Fsp3) is 0.148. The van der Waals surface area contributed by atoms with E-state index in [-0.39, 0.29) is 18.3 Å². The molecule has 2 aromatic carbocycles. The first-order chi connectivity index (χ1) is 16.5. The summed E-state index contributed by atoms with van der Waals surface area (Å²) in [6.45, 7) is 4.85. The van der Waals surface area contributed by atoms with Gasteiger partial charge in [-0.1, -0.05) is 24.3 Å². The van der Waals surface area contributed by atoms with Gasteiger partial charge in [-0.25, -0.2) is 14.1 Å². The van der Waals surface area contributed by atoms with Gasteiger partial charge in [0.2, 0.25) is 0 Å². The van der Waals surface area contributed by atoms with Crippen LogP contribution in [0.15, 0.2) is 79.1 Å². The van der Waals surface area contributed by atoms with Crippen molar-refractivity contribution in [1.82, 2.24) is 24.6 Å². The Bertz CT molecular complexity index is 1470. The summed E-state index contributed by atoms with van der Waals surface area (Å²) < 4.78 is 17.2. The van der Waals surface area contributed by atoms with Crippen molar-refractivity contribution in [3.05, 3.63) is 113 Å². The molecule has 34 heavy (non-hydrogen) atoms. The molecule has 0 aliphatic rings. The number of halogens is 1. The zero-order valence-corrected chi connectivity index (χ0v) is 19.0. The van der Waals surface area contributed by atoms with Crippen molar-refractivity contribution in [1.29, 1.82) is 0 Å². The maximum Gasteiger partial charge on any atom is 0.251 e. The Balaban J connectivity index is 1.37. The molecule has 0 aliphatic carbocycles. The minimum Gasteiger partial charge on any atom is -0.348 e. The molecule has 0 saturated heterocycles. The van der Waals surface area contributed by atoms with E-state index in [0.29, 0.717) is 17.7 Å². The third kappa shape index (κ3) is 4.32. The smallest absolute Gasteiger partial charge is 0.251 e. The molecular formula is C27H24FN5O. The van der Waals surface area contributed by atoms with Crippen LogP contribution in [0, 0.1) is 19.7 Å². The second-order valence-electron chi connectivity index (χ2n) is 8.36. The fourth-order valence-electron chi connectivity index (χ4n) is 4.12. The number of aryl methyl sites for hydroxylation is 2. The summed E-state index contributed by atoms with van der Waals surface area (Å²) in [5.41, 5.74) is 5.16. The first-order valence-electron chi connectivity index (χ1n) is 11.1. The predicted molar refractivity (Wildman–Crippen MR) is 129 cm³/mol. The van der Waals surface area contributed by atoms with Gasteiger partial charge >= 0.3 is 0 Å². The highest BCUT2D eigenvalue weighted by atomic mass is 19.1. The molecular weight excluding hydrogens is 429 g/mol. The molecule has 0 fully saturated rings. The Kier molecular flexibility index (Phi) is 5.67. The summed E-state index contributed by atoms with van der Waals surface area (Å²) in [7, 11) is 0. The van der Waals surface area contributed by atoms with Gasteiger partial charge in [-0.3, -0.25) is 4.79 Å². The zero-order valence-electron chi connectivity index (χ0n) is 19.0. The van der Waals surface area contributed by atoms with E-state index in [0.717, 1.165) is 33.7 Å². The monoisotopic (exact) mass is 453 g/mol. The first kappa shape index (κ1) is 21.6. The lowest BCUT2D eigenvalue weighted by Crippen LogP contribution is -2.22. The lowest BCUT2D eigenvalue weighted by molar-refractivity contribution is 0.0951. The molecule has 0 unspecified atom stereocenters. The standard InChI is InChI=1S/C27H24FN5O/c1-18-14-19(2)30-25-24(18)26(32-12-3-4-13-32)31-33(25)17-20-8-10-22(11-9-20)27(34)29-16-21-6-5-7-23(28)15-21/h3-15H,16-17H2,1-2H3,(H,29,34). The normalized spacial score (nSPS) is 11.1. The molecule has 1 amide bonds. The summed E-state index contributed by atoms with van der Waals surface area (Å²) >= 11 is 0. The molecule has 3 heterocycles. The van der Waals surface area contributed by atoms with E-state index < -0.39 is 0 Å². The Morgan fingerprint density at radius 2 is 1.74 bits per heavy atom. The average molecular weight is 454 g/mol. The van der Waals surface area contributed by atoms with Gasteiger partial charge in [0, 0.05) is 30.2 Å². The first-order valence-corrected chi connectivity index (χ1v) is 11.1. The number of aromatic nitrogens is 4. The second kappa shape index (κ2) is 8.94. The molecule has 6 nitrogen and oxygen atoms in total. The summed E-state index contributed by atoms with van der Waals surface area (Å²) in [6.07, 6.45) is 3.95. The van der Waals surface area contributed by atoms with E-state index in [1.54, 1.807) is 24.3 Å². The molecule has 0 saturated carbocycles. The average Bonchev–Trinajstić information content (AvgIpc) is 3.47. The highest BCUT2D eigenvalue weighted by molar-refractivity contribution is 5.94. The number of nitrogens with zero attached hydrogens (tertiary/aromatic N) is 4.